The minimum Gasteiger partial charge on any atom is -0.402 e. The van der Waals surface area contributed by atoms with Crippen molar-refractivity contribution in [3.63, 3.8) is 0 Å². The van der Waals surface area contributed by atoms with E-state index in [1.54, 1.807) is 0 Å². The van der Waals surface area contributed by atoms with Crippen molar-refractivity contribution < 1.29 is 10.2 Å². The fourth-order valence-electron chi connectivity index (χ4n) is 0.651. The van der Waals surface area contributed by atoms with Crippen molar-refractivity contribution >= 4 is 0 Å². The maximum absolute atomic E-state index is 8.49. The highest BCUT2D eigenvalue weighted by molar-refractivity contribution is 5.08. The van der Waals surface area contributed by atoms with Crippen molar-refractivity contribution in [1.29, 1.82) is 0 Å². The van der Waals surface area contributed by atoms with Crippen LogP contribution in [-0.2, 0) is 0 Å². The lowest BCUT2D eigenvalue weighted by Crippen LogP contribution is -2.01. The first-order valence-corrected chi connectivity index (χ1v) is 4.14. The molecule has 0 atom stereocenters. The molecule has 0 aliphatic carbocycles. The molecule has 0 aliphatic rings. The third-order valence-corrected chi connectivity index (χ3v) is 1.45. The van der Waals surface area contributed by atoms with Gasteiger partial charge in [0.1, 0.15) is 0 Å². The monoisotopic (exact) mass is 171 g/mol. The molecule has 0 spiro atoms. The third-order valence-electron chi connectivity index (χ3n) is 1.45. The van der Waals surface area contributed by atoms with E-state index in [-0.39, 0.29) is 0 Å². The predicted octanol–water partition coefficient (Wildman–Crippen LogP) is 0.886. The summed E-state index contributed by atoms with van der Waals surface area (Å²) in [4.78, 5) is 0. The van der Waals surface area contributed by atoms with Gasteiger partial charge in [0.05, 0.1) is 0 Å². The Morgan fingerprint density at radius 3 is 2.67 bits per heavy atom. The van der Waals surface area contributed by atoms with Crippen LogP contribution in [0.4, 0.5) is 0 Å². The summed E-state index contributed by atoms with van der Waals surface area (Å²) in [6.07, 6.45) is 6.18. The molecule has 0 radical (unpaired) electrons. The van der Waals surface area contributed by atoms with Crippen LogP contribution in [0, 0.1) is 0 Å². The number of aliphatic hydroxyl groups excluding tert-OH is 1. The number of hydrogen-bond acceptors (Lipinski definition) is 3. The van der Waals surface area contributed by atoms with Crippen molar-refractivity contribution in [3.8, 4) is 0 Å². The molecule has 0 rings (SSSR count). The Balaban J connectivity index is 3.50. The van der Waals surface area contributed by atoms with Crippen molar-refractivity contribution in [2.45, 2.75) is 32.5 Å². The van der Waals surface area contributed by atoms with Gasteiger partial charge in [-0.2, -0.15) is 0 Å². The van der Waals surface area contributed by atoms with Gasteiger partial charge >= 0.3 is 0 Å². The predicted molar refractivity (Wildman–Crippen MR) is 49.2 cm³/mol. The molecule has 0 aliphatic heterocycles. The van der Waals surface area contributed by atoms with E-state index in [1.807, 2.05) is 25.2 Å². The highest BCUT2D eigenvalue weighted by Crippen LogP contribution is 1.96. The number of nitrogens with two attached hydrogens (primary N) is 1. The normalized spacial score (nSPS) is 13.2. The summed E-state index contributed by atoms with van der Waals surface area (Å²) in [5, 5.41) is 17.0. The Morgan fingerprint density at radius 2 is 2.17 bits per heavy atom. The molecule has 0 saturated carbocycles. The summed E-state index contributed by atoms with van der Waals surface area (Å²) in [6, 6.07) is 0. The van der Waals surface area contributed by atoms with E-state index >= 15 is 0 Å². The highest BCUT2D eigenvalue weighted by atomic mass is 16.5. The highest BCUT2D eigenvalue weighted by Gasteiger charge is 1.91. The molecule has 4 N–H and O–H groups in total. The number of allylic oxidation sites excluding steroid dienone is 4. The van der Waals surface area contributed by atoms with Crippen LogP contribution in [0.1, 0.15) is 26.2 Å². The topological polar surface area (TPSA) is 66.5 Å². The van der Waals surface area contributed by atoms with Gasteiger partial charge in [0.25, 0.3) is 0 Å². The minimum absolute atomic E-state index is 0.371. The van der Waals surface area contributed by atoms with Gasteiger partial charge in [-0.3, -0.25) is 0 Å². The van der Waals surface area contributed by atoms with E-state index < -0.39 is 6.29 Å². The largest absolute Gasteiger partial charge is 0.402 e. The summed E-state index contributed by atoms with van der Waals surface area (Å²) in [7, 11) is 0. The van der Waals surface area contributed by atoms with Gasteiger partial charge in [0, 0.05) is 12.1 Å². The standard InChI is InChI=1S/C9H17NO2/c1-2-8(10)6-4-3-5-7-9(11)12/h3-4,6,9,11-12H,2,5,7,10H2,1H3/b4-3-,8-6-. The molecule has 0 amide bonds. The average Bonchev–Trinajstić information content (AvgIpc) is 2.03. The molecule has 0 fully saturated rings. The first-order chi connectivity index (χ1) is 5.66. The van der Waals surface area contributed by atoms with E-state index in [1.165, 1.54) is 0 Å². The van der Waals surface area contributed by atoms with Crippen LogP contribution in [-0.4, -0.2) is 16.5 Å². The molecule has 0 saturated heterocycles. The van der Waals surface area contributed by atoms with E-state index in [9.17, 15) is 0 Å². The van der Waals surface area contributed by atoms with Crippen LogP contribution >= 0.6 is 0 Å². The second-order valence-corrected chi connectivity index (χ2v) is 2.58. The lowest BCUT2D eigenvalue weighted by molar-refractivity contribution is -0.0442. The van der Waals surface area contributed by atoms with Crippen LogP contribution in [0.3, 0.4) is 0 Å². The molecule has 70 valence electrons. The average molecular weight is 171 g/mol. The van der Waals surface area contributed by atoms with Gasteiger partial charge in [-0.15, -0.1) is 0 Å². The second-order valence-electron chi connectivity index (χ2n) is 2.58. The Kier molecular flexibility index (Phi) is 6.42. The zero-order valence-electron chi connectivity index (χ0n) is 7.40. The first-order valence-electron chi connectivity index (χ1n) is 4.14. The quantitative estimate of drug-likeness (QED) is 0.425. The molecule has 3 heteroatoms. The van der Waals surface area contributed by atoms with Crippen molar-refractivity contribution in [2.24, 2.45) is 5.73 Å². The van der Waals surface area contributed by atoms with Gasteiger partial charge in [0.2, 0.25) is 0 Å². The Bertz CT molecular complexity index is 162. The Labute approximate surface area is 73.2 Å². The molecule has 0 aromatic carbocycles. The summed E-state index contributed by atoms with van der Waals surface area (Å²) in [6.45, 7) is 1.98. The lowest BCUT2D eigenvalue weighted by atomic mass is 10.2. The molecule has 0 bridgehead atoms. The first kappa shape index (κ1) is 11.2. The van der Waals surface area contributed by atoms with Crippen LogP contribution < -0.4 is 5.73 Å². The van der Waals surface area contributed by atoms with Crippen LogP contribution in [0.15, 0.2) is 23.9 Å². The molecule has 3 nitrogen and oxygen atoms in total. The van der Waals surface area contributed by atoms with Crippen molar-refractivity contribution in [1.82, 2.24) is 0 Å². The maximum Gasteiger partial charge on any atom is 0.151 e. The smallest absolute Gasteiger partial charge is 0.151 e. The zero-order valence-corrected chi connectivity index (χ0v) is 7.40. The number of hydrogen-bond donors (Lipinski definition) is 3. The van der Waals surface area contributed by atoms with Crippen LogP contribution in [0.25, 0.3) is 0 Å². The molecule has 0 aromatic heterocycles. The summed E-state index contributed by atoms with van der Waals surface area (Å²) in [5.41, 5.74) is 6.36. The molecule has 0 heterocycles. The summed E-state index contributed by atoms with van der Waals surface area (Å²) < 4.78 is 0. The number of rotatable bonds is 5. The van der Waals surface area contributed by atoms with E-state index in [2.05, 4.69) is 0 Å². The minimum atomic E-state index is -1.21. The van der Waals surface area contributed by atoms with E-state index in [0.29, 0.717) is 12.8 Å². The zero-order chi connectivity index (χ0) is 9.40. The molecular formula is C9H17NO2. The Morgan fingerprint density at radius 1 is 1.50 bits per heavy atom. The summed E-state index contributed by atoms with van der Waals surface area (Å²) >= 11 is 0. The van der Waals surface area contributed by atoms with Gasteiger partial charge in [-0.25, -0.2) is 0 Å². The maximum atomic E-state index is 8.49. The van der Waals surface area contributed by atoms with Crippen molar-refractivity contribution in [2.75, 3.05) is 0 Å². The molecule has 0 aromatic rings. The fraction of sp³-hybridized carbons (Fsp3) is 0.556. The second kappa shape index (κ2) is 6.88. The fourth-order valence-corrected chi connectivity index (χ4v) is 0.651. The molecular weight excluding hydrogens is 154 g/mol. The third kappa shape index (κ3) is 7.31. The van der Waals surface area contributed by atoms with Crippen molar-refractivity contribution in [3.05, 3.63) is 23.9 Å². The van der Waals surface area contributed by atoms with Gasteiger partial charge in [-0.05, 0) is 18.9 Å². The van der Waals surface area contributed by atoms with Gasteiger partial charge in [0.15, 0.2) is 6.29 Å². The van der Waals surface area contributed by atoms with Crippen LogP contribution in [0.2, 0.25) is 0 Å². The van der Waals surface area contributed by atoms with E-state index in [4.69, 9.17) is 15.9 Å². The lowest BCUT2D eigenvalue weighted by Gasteiger charge is -1.97. The Hall–Kier alpha value is -0.800. The number of aliphatic hydroxyl groups is 2. The van der Waals surface area contributed by atoms with Gasteiger partial charge in [-0.1, -0.05) is 19.1 Å². The molecule has 0 unspecified atom stereocenters. The van der Waals surface area contributed by atoms with Gasteiger partial charge < -0.3 is 15.9 Å². The SMILES string of the molecule is CC/C(N)=C/C=C\CCC(O)O. The van der Waals surface area contributed by atoms with E-state index in [0.717, 1.165) is 12.1 Å². The summed E-state index contributed by atoms with van der Waals surface area (Å²) in [5.74, 6) is 0. The van der Waals surface area contributed by atoms with Crippen LogP contribution in [0.5, 0.6) is 0 Å². The molecule has 12 heavy (non-hydrogen) atoms.